The van der Waals surface area contributed by atoms with E-state index in [9.17, 15) is 14.4 Å². The van der Waals surface area contributed by atoms with Crippen LogP contribution in [0.2, 0.25) is 0 Å². The Labute approximate surface area is 187 Å². The van der Waals surface area contributed by atoms with Gasteiger partial charge in [-0.1, -0.05) is 6.07 Å². The zero-order valence-corrected chi connectivity index (χ0v) is 19.1. The van der Waals surface area contributed by atoms with Gasteiger partial charge in [-0.25, -0.2) is 4.98 Å². The highest BCUT2D eigenvalue weighted by atomic mass is 32.1. The molecule has 1 aliphatic rings. The maximum atomic E-state index is 13.0. The van der Waals surface area contributed by atoms with Crippen molar-refractivity contribution >= 4 is 44.8 Å². The number of carbonyl (C=O) groups excluding carboxylic acids is 2. The van der Waals surface area contributed by atoms with Gasteiger partial charge in [0, 0.05) is 28.9 Å². The van der Waals surface area contributed by atoms with Crippen LogP contribution in [0.1, 0.15) is 20.8 Å². The van der Waals surface area contributed by atoms with Gasteiger partial charge >= 0.3 is 5.97 Å². The topological polar surface area (TPSA) is 90.7 Å². The predicted molar refractivity (Wildman–Crippen MR) is 119 cm³/mol. The lowest BCUT2D eigenvalue weighted by Crippen LogP contribution is -2.51. The second-order valence-electron chi connectivity index (χ2n) is 7.62. The van der Waals surface area contributed by atoms with E-state index >= 15 is 0 Å². The number of rotatable bonds is 5. The first-order chi connectivity index (χ1) is 14.8. The van der Waals surface area contributed by atoms with Crippen molar-refractivity contribution in [1.29, 1.82) is 0 Å². The molecular weight excluding hydrogens is 438 g/mol. The number of nitrogens with zero attached hydrogens (tertiary/aromatic N) is 3. The number of carbonyl (C=O) groups is 2. The second-order valence-corrected chi connectivity index (χ2v) is 9.42. The SMILES string of the molecule is CC1CN(C(=O)C(C)OC(=O)Cn2cnc3scc(-c4cccs4)c3c2=O)CC(C)O1. The van der Waals surface area contributed by atoms with Crippen LogP contribution in [0.15, 0.2) is 34.0 Å². The molecule has 0 N–H and O–H groups in total. The quantitative estimate of drug-likeness (QED) is 0.543. The average molecular weight is 462 g/mol. The molecule has 1 saturated heterocycles. The number of esters is 1. The van der Waals surface area contributed by atoms with Crippen LogP contribution in [-0.4, -0.2) is 57.7 Å². The van der Waals surface area contributed by atoms with E-state index < -0.39 is 12.1 Å². The fourth-order valence-corrected chi connectivity index (χ4v) is 5.45. The van der Waals surface area contributed by atoms with Gasteiger partial charge < -0.3 is 14.4 Å². The summed E-state index contributed by atoms with van der Waals surface area (Å²) in [7, 11) is 0. The van der Waals surface area contributed by atoms with Crippen molar-refractivity contribution < 1.29 is 19.1 Å². The summed E-state index contributed by atoms with van der Waals surface area (Å²) in [5.41, 5.74) is 0.510. The van der Waals surface area contributed by atoms with Crippen LogP contribution in [-0.2, 0) is 25.6 Å². The molecule has 10 heteroatoms. The first-order valence-electron chi connectivity index (χ1n) is 9.97. The predicted octanol–water partition coefficient (Wildman–Crippen LogP) is 2.75. The van der Waals surface area contributed by atoms with Crippen LogP contribution in [0.25, 0.3) is 20.7 Å². The minimum absolute atomic E-state index is 0.0740. The Hall–Kier alpha value is -2.56. The summed E-state index contributed by atoms with van der Waals surface area (Å²) in [5, 5.41) is 4.33. The third kappa shape index (κ3) is 4.56. The largest absolute Gasteiger partial charge is 0.451 e. The van der Waals surface area contributed by atoms with Gasteiger partial charge in [-0.2, -0.15) is 0 Å². The lowest BCUT2D eigenvalue weighted by Gasteiger charge is -2.36. The van der Waals surface area contributed by atoms with Crippen molar-refractivity contribution in [2.24, 2.45) is 0 Å². The molecule has 0 bridgehead atoms. The molecule has 4 rings (SSSR count). The van der Waals surface area contributed by atoms with Crippen LogP contribution in [0.4, 0.5) is 0 Å². The first-order valence-corrected chi connectivity index (χ1v) is 11.7. The zero-order valence-electron chi connectivity index (χ0n) is 17.4. The van der Waals surface area contributed by atoms with Gasteiger partial charge in [0.2, 0.25) is 0 Å². The molecule has 0 spiro atoms. The van der Waals surface area contributed by atoms with E-state index in [1.54, 1.807) is 11.8 Å². The van der Waals surface area contributed by atoms with Crippen LogP contribution in [0.3, 0.4) is 0 Å². The van der Waals surface area contributed by atoms with Crippen LogP contribution in [0, 0.1) is 0 Å². The molecule has 3 unspecified atom stereocenters. The molecule has 8 nitrogen and oxygen atoms in total. The Morgan fingerprint density at radius 1 is 1.29 bits per heavy atom. The lowest BCUT2D eigenvalue weighted by atomic mass is 10.2. The van der Waals surface area contributed by atoms with Crippen molar-refractivity contribution in [3.8, 4) is 10.4 Å². The van der Waals surface area contributed by atoms with Gasteiger partial charge in [0.05, 0.1) is 23.9 Å². The Bertz CT molecular complexity index is 1140. The first kappa shape index (κ1) is 21.7. The maximum absolute atomic E-state index is 13.0. The third-order valence-electron chi connectivity index (χ3n) is 5.03. The summed E-state index contributed by atoms with van der Waals surface area (Å²) in [5.74, 6) is -0.930. The monoisotopic (exact) mass is 461 g/mol. The third-order valence-corrected chi connectivity index (χ3v) is 6.82. The number of ether oxygens (including phenoxy) is 2. The highest BCUT2D eigenvalue weighted by molar-refractivity contribution is 7.18. The number of hydrogen-bond acceptors (Lipinski definition) is 8. The molecule has 3 atom stereocenters. The van der Waals surface area contributed by atoms with E-state index in [-0.39, 0.29) is 30.2 Å². The van der Waals surface area contributed by atoms with Crippen molar-refractivity contribution in [3.05, 3.63) is 39.6 Å². The Morgan fingerprint density at radius 2 is 2.03 bits per heavy atom. The minimum Gasteiger partial charge on any atom is -0.451 e. The highest BCUT2D eigenvalue weighted by Crippen LogP contribution is 2.33. The molecule has 3 aromatic heterocycles. The smallest absolute Gasteiger partial charge is 0.326 e. The van der Waals surface area contributed by atoms with E-state index in [2.05, 4.69) is 4.98 Å². The van der Waals surface area contributed by atoms with Gasteiger partial charge in [-0.15, -0.1) is 22.7 Å². The molecule has 1 fully saturated rings. The highest BCUT2D eigenvalue weighted by Gasteiger charge is 2.30. The van der Waals surface area contributed by atoms with E-state index in [4.69, 9.17) is 9.47 Å². The van der Waals surface area contributed by atoms with Crippen LogP contribution >= 0.6 is 22.7 Å². The van der Waals surface area contributed by atoms with Crippen molar-refractivity contribution in [3.63, 3.8) is 0 Å². The van der Waals surface area contributed by atoms with E-state index in [1.165, 1.54) is 33.6 Å². The number of amides is 1. The number of morpholine rings is 1. The summed E-state index contributed by atoms with van der Waals surface area (Å²) in [6.45, 7) is 5.94. The lowest BCUT2D eigenvalue weighted by molar-refractivity contribution is -0.164. The normalized spacial score (nSPS) is 20.0. The van der Waals surface area contributed by atoms with Gasteiger partial charge in [-0.05, 0) is 32.2 Å². The van der Waals surface area contributed by atoms with Gasteiger partial charge in [0.25, 0.3) is 11.5 Å². The number of aromatic nitrogens is 2. The second kappa shape index (κ2) is 8.89. The molecule has 164 valence electrons. The van der Waals surface area contributed by atoms with Gasteiger partial charge in [0.15, 0.2) is 6.10 Å². The molecule has 1 aliphatic heterocycles. The van der Waals surface area contributed by atoms with E-state index in [0.29, 0.717) is 23.3 Å². The molecule has 31 heavy (non-hydrogen) atoms. The maximum Gasteiger partial charge on any atom is 0.326 e. The van der Waals surface area contributed by atoms with E-state index in [0.717, 1.165) is 10.4 Å². The molecule has 4 heterocycles. The van der Waals surface area contributed by atoms with Crippen molar-refractivity contribution in [2.75, 3.05) is 13.1 Å². The molecule has 0 saturated carbocycles. The Balaban J connectivity index is 1.47. The number of thiophene rings is 2. The number of hydrogen-bond donors (Lipinski definition) is 0. The zero-order chi connectivity index (χ0) is 22.1. The van der Waals surface area contributed by atoms with E-state index in [1.807, 2.05) is 36.7 Å². The number of fused-ring (bicyclic) bond motifs is 1. The van der Waals surface area contributed by atoms with Crippen molar-refractivity contribution in [2.45, 2.75) is 45.6 Å². The molecule has 1 amide bonds. The molecule has 0 radical (unpaired) electrons. The van der Waals surface area contributed by atoms with Crippen molar-refractivity contribution in [1.82, 2.24) is 14.5 Å². The van der Waals surface area contributed by atoms with Gasteiger partial charge in [-0.3, -0.25) is 19.0 Å². The average Bonchev–Trinajstić information content (AvgIpc) is 3.38. The fraction of sp³-hybridized carbons (Fsp3) is 0.429. The molecule has 3 aromatic rings. The minimum atomic E-state index is -0.944. The van der Waals surface area contributed by atoms with Crippen LogP contribution in [0.5, 0.6) is 0 Å². The summed E-state index contributed by atoms with van der Waals surface area (Å²) in [4.78, 5) is 45.7. The fourth-order valence-electron chi connectivity index (χ4n) is 3.73. The Kier molecular flexibility index (Phi) is 6.22. The summed E-state index contributed by atoms with van der Waals surface area (Å²) >= 11 is 2.93. The summed E-state index contributed by atoms with van der Waals surface area (Å²) < 4.78 is 12.2. The Morgan fingerprint density at radius 3 is 2.71 bits per heavy atom. The molecular formula is C21H23N3O5S2. The summed E-state index contributed by atoms with van der Waals surface area (Å²) in [6.07, 6.45) is 0.254. The molecule has 0 aliphatic carbocycles. The van der Waals surface area contributed by atoms with Crippen LogP contribution < -0.4 is 5.56 Å². The summed E-state index contributed by atoms with van der Waals surface area (Å²) in [6, 6.07) is 3.86. The van der Waals surface area contributed by atoms with Gasteiger partial charge in [0.1, 0.15) is 11.4 Å². The standard InChI is InChI=1S/C21H23N3O5S2/c1-12-7-23(8-13(2)28-12)20(26)14(3)29-17(25)9-24-11-22-19-18(21(24)27)15(10-31-19)16-5-4-6-30-16/h4-6,10-14H,7-9H2,1-3H3. The molecule has 0 aromatic carbocycles.